The van der Waals surface area contributed by atoms with Crippen LogP contribution >= 0.6 is 0 Å². The summed E-state index contributed by atoms with van der Waals surface area (Å²) in [6, 6.07) is 16.7. The molecule has 0 radical (unpaired) electrons. The Balaban J connectivity index is 1.08. The smallest absolute Gasteiger partial charge is 0.227 e. The van der Waals surface area contributed by atoms with Crippen molar-refractivity contribution in [3.05, 3.63) is 65.9 Å². The highest BCUT2D eigenvalue weighted by Gasteiger charge is 2.29. The highest BCUT2D eigenvalue weighted by Crippen LogP contribution is 2.32. The van der Waals surface area contributed by atoms with E-state index in [1.807, 2.05) is 36.5 Å². The van der Waals surface area contributed by atoms with E-state index >= 15 is 0 Å². The largest absolute Gasteiger partial charge is 0.488 e. The summed E-state index contributed by atoms with van der Waals surface area (Å²) in [5.74, 6) is 1.98. The fraction of sp³-hybridized carbons (Fsp3) is 0.515. The molecule has 1 saturated heterocycles. The van der Waals surface area contributed by atoms with Crippen LogP contribution in [0.5, 0.6) is 5.75 Å². The lowest BCUT2D eigenvalue weighted by atomic mass is 9.81. The van der Waals surface area contributed by atoms with Gasteiger partial charge in [-0.05, 0) is 100 Å². The molecule has 0 spiro atoms. The molecule has 202 valence electrons. The number of carbonyl (C=O) groups excluding carboxylic acids is 1. The molecule has 1 aliphatic heterocycles. The zero-order valence-corrected chi connectivity index (χ0v) is 23.1. The molecular formula is C33H43N3O2. The number of benzene rings is 2. The molecule has 5 nitrogen and oxygen atoms in total. The van der Waals surface area contributed by atoms with Crippen molar-refractivity contribution in [3.8, 4) is 5.75 Å². The topological polar surface area (TPSA) is 54.5 Å². The predicted molar refractivity (Wildman–Crippen MR) is 156 cm³/mol. The van der Waals surface area contributed by atoms with Crippen molar-refractivity contribution in [1.29, 1.82) is 0 Å². The van der Waals surface area contributed by atoms with Gasteiger partial charge in [-0.2, -0.15) is 0 Å². The molecule has 3 aromatic rings. The van der Waals surface area contributed by atoms with Crippen molar-refractivity contribution in [2.24, 2.45) is 11.8 Å². The van der Waals surface area contributed by atoms with Crippen LogP contribution in [0.3, 0.4) is 0 Å². The molecule has 5 heteroatoms. The second-order valence-corrected chi connectivity index (χ2v) is 11.5. The highest BCUT2D eigenvalue weighted by atomic mass is 16.5. The maximum Gasteiger partial charge on any atom is 0.227 e. The van der Waals surface area contributed by atoms with Gasteiger partial charge >= 0.3 is 0 Å². The summed E-state index contributed by atoms with van der Waals surface area (Å²) in [5, 5.41) is 4.29. The summed E-state index contributed by atoms with van der Waals surface area (Å²) >= 11 is 0. The number of pyridine rings is 1. The number of unbranched alkanes of at least 4 members (excludes halogenated alkanes) is 1. The number of ether oxygens (including phenoxy) is 1. The van der Waals surface area contributed by atoms with E-state index in [4.69, 9.17) is 4.74 Å². The van der Waals surface area contributed by atoms with E-state index < -0.39 is 0 Å². The number of hydrogen-bond acceptors (Lipinski definition) is 4. The van der Waals surface area contributed by atoms with Gasteiger partial charge in [0.2, 0.25) is 5.91 Å². The van der Waals surface area contributed by atoms with Crippen LogP contribution in [0.2, 0.25) is 0 Å². The van der Waals surface area contributed by atoms with Gasteiger partial charge in [0.05, 0.1) is 0 Å². The standard InChI is InChI=1S/C33H43N3O2/c1-3-4-6-26-21-28-7-5-18-34-32(28)31(22-26)38-30-16-19-36(20-17-30)23-25-10-12-27(13-11-25)33(37)35-29-14-8-24(2)9-15-29/h5,7-9,14-15,18,21-22,25,27,30H,3-4,6,10-13,16-17,19-20,23H2,1-2H3,(H,35,37)/t25-,27-. The third-order valence-corrected chi connectivity index (χ3v) is 8.43. The molecule has 38 heavy (non-hydrogen) atoms. The minimum atomic E-state index is 0.142. The van der Waals surface area contributed by atoms with Crippen molar-refractivity contribution < 1.29 is 9.53 Å². The fourth-order valence-corrected chi connectivity index (χ4v) is 6.08. The van der Waals surface area contributed by atoms with E-state index in [2.05, 4.69) is 47.2 Å². The zero-order chi connectivity index (χ0) is 26.3. The van der Waals surface area contributed by atoms with Crippen LogP contribution in [0.1, 0.15) is 69.4 Å². The Morgan fingerprint density at radius 3 is 2.53 bits per heavy atom. The van der Waals surface area contributed by atoms with Gasteiger partial charge in [-0.25, -0.2) is 0 Å². The van der Waals surface area contributed by atoms with Crippen LogP contribution in [0.25, 0.3) is 10.9 Å². The number of hydrogen-bond donors (Lipinski definition) is 1. The van der Waals surface area contributed by atoms with E-state index in [0.717, 1.165) is 81.5 Å². The molecule has 5 rings (SSSR count). The Kier molecular flexibility index (Phi) is 8.95. The van der Waals surface area contributed by atoms with Crippen molar-refractivity contribution in [3.63, 3.8) is 0 Å². The van der Waals surface area contributed by atoms with Gasteiger partial charge in [0.25, 0.3) is 0 Å². The maximum atomic E-state index is 12.7. The number of aromatic nitrogens is 1. The third kappa shape index (κ3) is 6.93. The summed E-state index contributed by atoms with van der Waals surface area (Å²) < 4.78 is 6.59. The maximum absolute atomic E-state index is 12.7. The number of anilines is 1. The summed E-state index contributed by atoms with van der Waals surface area (Å²) in [6.45, 7) is 7.62. The third-order valence-electron chi connectivity index (χ3n) is 8.43. The second-order valence-electron chi connectivity index (χ2n) is 11.5. The average molecular weight is 514 g/mol. The lowest BCUT2D eigenvalue weighted by Crippen LogP contribution is -2.41. The van der Waals surface area contributed by atoms with Crippen molar-refractivity contribution in [2.75, 3.05) is 25.0 Å². The van der Waals surface area contributed by atoms with Crippen molar-refractivity contribution in [1.82, 2.24) is 9.88 Å². The van der Waals surface area contributed by atoms with E-state index in [1.54, 1.807) is 0 Å². The first kappa shape index (κ1) is 26.7. The van der Waals surface area contributed by atoms with Gasteiger partial charge in [0.15, 0.2) is 0 Å². The molecule has 1 aliphatic carbocycles. The number of carbonyl (C=O) groups is 1. The minimum absolute atomic E-state index is 0.142. The number of amides is 1. The van der Waals surface area contributed by atoms with Gasteiger partial charge in [-0.3, -0.25) is 9.78 Å². The Hall–Kier alpha value is -2.92. The number of piperidine rings is 1. The molecule has 0 bridgehead atoms. The van der Waals surface area contributed by atoms with Gasteiger partial charge in [0.1, 0.15) is 17.4 Å². The first-order chi connectivity index (χ1) is 18.6. The minimum Gasteiger partial charge on any atom is -0.488 e. The SMILES string of the molecule is CCCCc1cc(OC2CCN(C[C@H]3CC[C@H](C(=O)Nc4ccc(C)cc4)CC3)CC2)c2ncccc2c1. The van der Waals surface area contributed by atoms with Crippen LogP contribution < -0.4 is 10.1 Å². The highest BCUT2D eigenvalue weighted by molar-refractivity contribution is 5.92. The summed E-state index contributed by atoms with van der Waals surface area (Å²) in [6.07, 6.45) is 12.0. The number of likely N-dealkylation sites (tertiary alicyclic amines) is 1. The number of rotatable bonds is 9. The molecule has 1 N–H and O–H groups in total. The molecule has 0 unspecified atom stereocenters. The molecule has 2 aromatic carbocycles. The van der Waals surface area contributed by atoms with Crippen molar-refractivity contribution in [2.45, 2.75) is 77.7 Å². The van der Waals surface area contributed by atoms with Gasteiger partial charge in [-0.1, -0.05) is 37.1 Å². The molecule has 2 heterocycles. The van der Waals surface area contributed by atoms with Crippen LogP contribution in [-0.2, 0) is 11.2 Å². The van der Waals surface area contributed by atoms with E-state index in [-0.39, 0.29) is 17.9 Å². The second kappa shape index (κ2) is 12.8. The Bertz CT molecular complexity index is 1190. The molecule has 2 aliphatic rings. The van der Waals surface area contributed by atoms with Crippen LogP contribution in [0.15, 0.2) is 54.7 Å². The number of nitrogens with zero attached hydrogens (tertiary/aromatic N) is 2. The lowest BCUT2D eigenvalue weighted by Gasteiger charge is -2.36. The van der Waals surface area contributed by atoms with Gasteiger partial charge in [0, 0.05) is 42.8 Å². The quantitative estimate of drug-likeness (QED) is 0.329. The molecule has 0 atom stereocenters. The van der Waals surface area contributed by atoms with E-state index in [1.165, 1.54) is 29.4 Å². The summed E-state index contributed by atoms with van der Waals surface area (Å²) in [4.78, 5) is 20.0. The number of nitrogens with one attached hydrogen (secondary N) is 1. The van der Waals surface area contributed by atoms with Gasteiger partial charge < -0.3 is 15.0 Å². The Morgan fingerprint density at radius 2 is 1.79 bits per heavy atom. The average Bonchev–Trinajstić information content (AvgIpc) is 2.94. The molecule has 1 amide bonds. The fourth-order valence-electron chi connectivity index (χ4n) is 6.08. The van der Waals surface area contributed by atoms with Gasteiger partial charge in [-0.15, -0.1) is 0 Å². The molecular weight excluding hydrogens is 470 g/mol. The Morgan fingerprint density at radius 1 is 1.03 bits per heavy atom. The first-order valence-electron chi connectivity index (χ1n) is 14.7. The lowest BCUT2D eigenvalue weighted by molar-refractivity contribution is -0.121. The predicted octanol–water partition coefficient (Wildman–Crippen LogP) is 7.17. The normalized spacial score (nSPS) is 20.9. The number of fused-ring (bicyclic) bond motifs is 1. The van der Waals surface area contributed by atoms with E-state index in [0.29, 0.717) is 5.92 Å². The van der Waals surface area contributed by atoms with Crippen LogP contribution in [0, 0.1) is 18.8 Å². The summed E-state index contributed by atoms with van der Waals surface area (Å²) in [5.41, 5.74) is 4.45. The molecule has 1 saturated carbocycles. The first-order valence-corrected chi connectivity index (χ1v) is 14.7. The Labute approximate surface area is 228 Å². The molecule has 1 aromatic heterocycles. The number of aryl methyl sites for hydroxylation is 2. The zero-order valence-electron chi connectivity index (χ0n) is 23.1. The van der Waals surface area contributed by atoms with E-state index in [9.17, 15) is 4.79 Å². The summed E-state index contributed by atoms with van der Waals surface area (Å²) in [7, 11) is 0. The van der Waals surface area contributed by atoms with Crippen LogP contribution in [-0.4, -0.2) is 41.5 Å². The van der Waals surface area contributed by atoms with Crippen LogP contribution in [0.4, 0.5) is 5.69 Å². The monoisotopic (exact) mass is 513 g/mol. The van der Waals surface area contributed by atoms with Crippen molar-refractivity contribution >= 4 is 22.5 Å². The molecule has 2 fully saturated rings.